The molecule has 154 valence electrons. The average Bonchev–Trinajstić information content (AvgIpc) is 2.64. The van der Waals surface area contributed by atoms with Gasteiger partial charge in [-0.15, -0.1) is 0 Å². The van der Waals surface area contributed by atoms with Crippen molar-refractivity contribution in [1.82, 2.24) is 10.2 Å². The molecule has 2 amide bonds. The van der Waals surface area contributed by atoms with E-state index in [1.54, 1.807) is 12.1 Å². The van der Waals surface area contributed by atoms with Crippen LogP contribution in [0.5, 0.6) is 11.5 Å². The molecule has 7 heteroatoms. The lowest BCUT2D eigenvalue weighted by atomic mass is 9.85. The molecule has 0 radical (unpaired) electrons. The van der Waals surface area contributed by atoms with Crippen molar-refractivity contribution in [3.63, 3.8) is 0 Å². The first-order valence-corrected chi connectivity index (χ1v) is 9.81. The van der Waals surface area contributed by atoms with Crippen LogP contribution in [0.25, 0.3) is 0 Å². The monoisotopic (exact) mass is 397 g/mol. The average molecular weight is 397 g/mol. The van der Waals surface area contributed by atoms with Crippen LogP contribution in [0, 0.1) is 6.92 Å². The van der Waals surface area contributed by atoms with Crippen molar-refractivity contribution in [3.05, 3.63) is 54.1 Å². The summed E-state index contributed by atoms with van der Waals surface area (Å²) in [6, 6.07) is 15.0. The summed E-state index contributed by atoms with van der Waals surface area (Å²) in [6.45, 7) is 4.68. The highest BCUT2D eigenvalue weighted by Gasteiger charge is 2.34. The van der Waals surface area contributed by atoms with E-state index in [9.17, 15) is 9.59 Å². The van der Waals surface area contributed by atoms with Gasteiger partial charge in [0.15, 0.2) is 0 Å². The number of rotatable bonds is 8. The Bertz CT molecular complexity index is 847. The van der Waals surface area contributed by atoms with Gasteiger partial charge in [0.1, 0.15) is 11.5 Å². The molecule has 0 saturated heterocycles. The number of aliphatic carboxylic acids is 1. The highest BCUT2D eigenvalue weighted by Crippen LogP contribution is 2.26. The van der Waals surface area contributed by atoms with Crippen molar-refractivity contribution < 1.29 is 19.4 Å². The number of nitrogens with zero attached hydrogens (tertiary/aromatic N) is 1. The van der Waals surface area contributed by atoms with Gasteiger partial charge in [-0.1, -0.05) is 19.1 Å². The molecular weight excluding hydrogens is 370 g/mol. The number of urea groups is 1. The largest absolute Gasteiger partial charge is 0.480 e. The lowest BCUT2D eigenvalue weighted by Crippen LogP contribution is -2.55. The Morgan fingerprint density at radius 3 is 2.48 bits per heavy atom. The van der Waals surface area contributed by atoms with Gasteiger partial charge < -0.3 is 20.5 Å². The number of anilines is 1. The molecule has 1 fully saturated rings. The number of hydrogen-bond donors (Lipinski definition) is 3. The summed E-state index contributed by atoms with van der Waals surface area (Å²) in [5, 5.41) is 14.7. The van der Waals surface area contributed by atoms with Gasteiger partial charge in [0.2, 0.25) is 0 Å². The van der Waals surface area contributed by atoms with E-state index in [1.165, 1.54) is 0 Å². The van der Waals surface area contributed by atoms with Gasteiger partial charge >= 0.3 is 12.0 Å². The van der Waals surface area contributed by atoms with Crippen LogP contribution < -0.4 is 15.4 Å². The Morgan fingerprint density at radius 2 is 1.86 bits per heavy atom. The van der Waals surface area contributed by atoms with Crippen molar-refractivity contribution >= 4 is 17.7 Å². The fourth-order valence-electron chi connectivity index (χ4n) is 3.45. The minimum absolute atomic E-state index is 0.0387. The van der Waals surface area contributed by atoms with Gasteiger partial charge in [-0.05, 0) is 68.3 Å². The van der Waals surface area contributed by atoms with E-state index in [1.807, 2.05) is 55.1 Å². The number of carbonyl (C=O) groups excluding carboxylic acids is 1. The van der Waals surface area contributed by atoms with Crippen LogP contribution in [0.15, 0.2) is 48.5 Å². The Morgan fingerprint density at radius 1 is 1.14 bits per heavy atom. The Hall–Kier alpha value is -3.06. The molecule has 0 aromatic heterocycles. The van der Waals surface area contributed by atoms with E-state index >= 15 is 0 Å². The quantitative estimate of drug-likeness (QED) is 0.629. The first kappa shape index (κ1) is 20.7. The maximum absolute atomic E-state index is 12.2. The van der Waals surface area contributed by atoms with Crippen LogP contribution in [0.2, 0.25) is 0 Å². The number of amides is 2. The predicted octanol–water partition coefficient (Wildman–Crippen LogP) is 3.85. The van der Waals surface area contributed by atoms with Crippen molar-refractivity contribution in [2.75, 3.05) is 18.4 Å². The summed E-state index contributed by atoms with van der Waals surface area (Å²) in [5.74, 6) is 0.643. The van der Waals surface area contributed by atoms with E-state index in [4.69, 9.17) is 9.84 Å². The lowest BCUT2D eigenvalue weighted by Gasteiger charge is -2.42. The van der Waals surface area contributed by atoms with Crippen LogP contribution in [0.4, 0.5) is 10.5 Å². The zero-order chi connectivity index (χ0) is 20.8. The number of ether oxygens (including phenoxy) is 1. The third-order valence-electron chi connectivity index (χ3n) is 5.05. The summed E-state index contributed by atoms with van der Waals surface area (Å²) in [6.07, 6.45) is 1.52. The van der Waals surface area contributed by atoms with E-state index in [0.29, 0.717) is 18.0 Å². The maximum atomic E-state index is 12.2. The molecule has 0 heterocycles. The Kier molecular flexibility index (Phi) is 6.72. The Balaban J connectivity index is 1.44. The summed E-state index contributed by atoms with van der Waals surface area (Å²) < 4.78 is 5.81. The van der Waals surface area contributed by atoms with E-state index in [-0.39, 0.29) is 24.7 Å². The fraction of sp³-hybridized carbons (Fsp3) is 0.364. The Labute approximate surface area is 170 Å². The molecule has 0 atom stereocenters. The van der Waals surface area contributed by atoms with Gasteiger partial charge in [0.05, 0.1) is 6.54 Å². The van der Waals surface area contributed by atoms with Crippen molar-refractivity contribution in [2.45, 2.75) is 38.8 Å². The third kappa shape index (κ3) is 5.96. The second-order valence-corrected chi connectivity index (χ2v) is 7.32. The number of carboxylic acids is 1. The molecule has 2 aromatic rings. The number of likely N-dealkylation sites (N-methyl/N-ethyl adjacent to an activating group) is 1. The number of carbonyl (C=O) groups is 2. The highest BCUT2D eigenvalue weighted by atomic mass is 16.5. The van der Waals surface area contributed by atoms with E-state index in [2.05, 4.69) is 10.6 Å². The predicted molar refractivity (Wildman–Crippen MR) is 112 cm³/mol. The summed E-state index contributed by atoms with van der Waals surface area (Å²) in [5.41, 5.74) is 1.80. The fourth-order valence-corrected chi connectivity index (χ4v) is 3.45. The lowest BCUT2D eigenvalue weighted by molar-refractivity contribution is -0.139. The normalized spacial score (nSPS) is 18.0. The van der Waals surface area contributed by atoms with Crippen molar-refractivity contribution in [3.8, 4) is 11.5 Å². The highest BCUT2D eigenvalue weighted by molar-refractivity contribution is 5.89. The molecular formula is C22H27N3O4. The second-order valence-electron chi connectivity index (χ2n) is 7.32. The number of benzene rings is 2. The maximum Gasteiger partial charge on any atom is 0.319 e. The molecule has 2 aromatic carbocycles. The minimum atomic E-state index is -0.823. The molecule has 1 saturated carbocycles. The molecule has 7 nitrogen and oxygen atoms in total. The standard InChI is InChI=1S/C22H27N3O4/c1-3-25(14-21(26)27)18-12-17(13-18)24-22(28)23-16-7-9-19(10-8-16)29-20-6-4-5-15(2)11-20/h4-11,17-18H,3,12-14H2,1-2H3,(H,26,27)(H2,23,24,28). The van der Waals surface area contributed by atoms with Gasteiger partial charge in [0.25, 0.3) is 0 Å². The van der Waals surface area contributed by atoms with E-state index in [0.717, 1.165) is 24.2 Å². The van der Waals surface area contributed by atoms with Gasteiger partial charge in [-0.25, -0.2) is 4.79 Å². The first-order valence-electron chi connectivity index (χ1n) is 9.81. The molecule has 3 N–H and O–H groups in total. The molecule has 1 aliphatic carbocycles. The number of aryl methyl sites for hydroxylation is 1. The van der Waals surface area contributed by atoms with Crippen LogP contribution >= 0.6 is 0 Å². The zero-order valence-corrected chi connectivity index (χ0v) is 16.7. The third-order valence-corrected chi connectivity index (χ3v) is 5.05. The number of carboxylic acid groups (broad SMARTS) is 1. The van der Waals surface area contributed by atoms with E-state index < -0.39 is 5.97 Å². The SMILES string of the molecule is CCN(CC(=O)O)C1CC(NC(=O)Nc2ccc(Oc3cccc(C)c3)cc2)C1. The van der Waals surface area contributed by atoms with Gasteiger partial charge in [0, 0.05) is 17.8 Å². The topological polar surface area (TPSA) is 90.9 Å². The molecule has 0 bridgehead atoms. The zero-order valence-electron chi connectivity index (χ0n) is 16.7. The molecule has 29 heavy (non-hydrogen) atoms. The molecule has 0 aliphatic heterocycles. The van der Waals surface area contributed by atoms with Crippen molar-refractivity contribution in [1.29, 1.82) is 0 Å². The molecule has 0 unspecified atom stereocenters. The number of nitrogens with one attached hydrogen (secondary N) is 2. The number of hydrogen-bond acceptors (Lipinski definition) is 4. The molecule has 0 spiro atoms. The second kappa shape index (κ2) is 9.43. The van der Waals surface area contributed by atoms with Gasteiger partial charge in [-0.2, -0.15) is 0 Å². The van der Waals surface area contributed by atoms with Crippen molar-refractivity contribution in [2.24, 2.45) is 0 Å². The van der Waals surface area contributed by atoms with Crippen LogP contribution in [0.3, 0.4) is 0 Å². The first-order chi connectivity index (χ1) is 13.9. The molecule has 1 aliphatic rings. The van der Waals surface area contributed by atoms with Gasteiger partial charge in [-0.3, -0.25) is 9.69 Å². The molecule has 3 rings (SSSR count). The summed E-state index contributed by atoms with van der Waals surface area (Å²) >= 11 is 0. The smallest absolute Gasteiger partial charge is 0.319 e. The minimum Gasteiger partial charge on any atom is -0.480 e. The summed E-state index contributed by atoms with van der Waals surface area (Å²) in [7, 11) is 0. The van der Waals surface area contributed by atoms with Crippen LogP contribution in [-0.4, -0.2) is 47.2 Å². The van der Waals surface area contributed by atoms with Crippen LogP contribution in [-0.2, 0) is 4.79 Å². The van der Waals surface area contributed by atoms with Crippen LogP contribution in [0.1, 0.15) is 25.3 Å². The summed E-state index contributed by atoms with van der Waals surface area (Å²) in [4.78, 5) is 25.0.